The zero-order valence-electron chi connectivity index (χ0n) is 9.30. The molecule has 1 aliphatic heterocycles. The molecule has 0 aromatic rings. The molecule has 2 aliphatic carbocycles. The summed E-state index contributed by atoms with van der Waals surface area (Å²) in [5.41, 5.74) is 0. The van der Waals surface area contributed by atoms with Crippen LogP contribution in [0.1, 0.15) is 25.7 Å². The van der Waals surface area contributed by atoms with Gasteiger partial charge in [0.1, 0.15) is 0 Å². The Kier molecular flexibility index (Phi) is 2.28. The van der Waals surface area contributed by atoms with Crippen LogP contribution in [0.2, 0.25) is 0 Å². The van der Waals surface area contributed by atoms with E-state index >= 15 is 0 Å². The largest absolute Gasteiger partial charge is 0.336 e. The summed E-state index contributed by atoms with van der Waals surface area (Å²) >= 11 is 0. The van der Waals surface area contributed by atoms with Crippen LogP contribution in [-0.4, -0.2) is 22.8 Å². The average Bonchev–Trinajstić information content (AvgIpc) is 2.99. The predicted octanol–water partition coefficient (Wildman–Crippen LogP) is 0.806. The van der Waals surface area contributed by atoms with E-state index in [4.69, 9.17) is 4.84 Å². The van der Waals surface area contributed by atoms with Gasteiger partial charge in [0, 0.05) is 12.8 Å². The molecule has 0 N–H and O–H groups in total. The second-order valence-electron chi connectivity index (χ2n) is 4.88. The molecule has 90 valence electrons. The van der Waals surface area contributed by atoms with Gasteiger partial charge in [-0.15, -0.1) is 5.06 Å². The zero-order chi connectivity index (χ0) is 12.0. The number of carbonyl (C=O) groups excluding carboxylic acids is 3. The van der Waals surface area contributed by atoms with Gasteiger partial charge in [0.15, 0.2) is 0 Å². The van der Waals surface area contributed by atoms with Gasteiger partial charge in [0.2, 0.25) is 0 Å². The highest BCUT2D eigenvalue weighted by Gasteiger charge is 2.43. The van der Waals surface area contributed by atoms with Crippen molar-refractivity contribution in [3.63, 3.8) is 0 Å². The second-order valence-corrected chi connectivity index (χ2v) is 4.88. The van der Waals surface area contributed by atoms with Gasteiger partial charge >= 0.3 is 5.97 Å². The first-order valence-corrected chi connectivity index (χ1v) is 5.91. The van der Waals surface area contributed by atoms with Gasteiger partial charge in [-0.25, -0.2) is 4.79 Å². The number of hydrogen-bond donors (Lipinski definition) is 0. The Hall–Kier alpha value is -1.65. The lowest BCUT2D eigenvalue weighted by Gasteiger charge is -2.19. The Labute approximate surface area is 98.4 Å². The third kappa shape index (κ3) is 1.66. The van der Waals surface area contributed by atoms with E-state index in [1.807, 2.05) is 6.08 Å². The van der Waals surface area contributed by atoms with Crippen molar-refractivity contribution < 1.29 is 19.2 Å². The highest BCUT2D eigenvalue weighted by Crippen LogP contribution is 2.44. The molecule has 0 radical (unpaired) electrons. The summed E-state index contributed by atoms with van der Waals surface area (Å²) in [6.45, 7) is 0. The van der Waals surface area contributed by atoms with Crippen molar-refractivity contribution in [3.8, 4) is 0 Å². The molecular formula is C12H13NO4. The summed E-state index contributed by atoms with van der Waals surface area (Å²) in [7, 11) is 0. The van der Waals surface area contributed by atoms with Crippen molar-refractivity contribution in [1.29, 1.82) is 0 Å². The van der Waals surface area contributed by atoms with Crippen molar-refractivity contribution >= 4 is 17.8 Å². The maximum atomic E-state index is 11.9. The minimum absolute atomic E-state index is 0.142. The van der Waals surface area contributed by atoms with E-state index in [0.717, 1.165) is 12.8 Å². The number of rotatable bonds is 2. The van der Waals surface area contributed by atoms with Crippen LogP contribution >= 0.6 is 0 Å². The summed E-state index contributed by atoms with van der Waals surface area (Å²) in [6.07, 6.45) is 6.21. The number of fused-ring (bicyclic) bond motifs is 2. The molecule has 2 amide bonds. The molecule has 1 heterocycles. The van der Waals surface area contributed by atoms with E-state index in [0.29, 0.717) is 11.0 Å². The van der Waals surface area contributed by atoms with Gasteiger partial charge in [-0.1, -0.05) is 12.2 Å². The molecule has 5 nitrogen and oxygen atoms in total. The second kappa shape index (κ2) is 3.68. The van der Waals surface area contributed by atoms with Crippen molar-refractivity contribution in [1.82, 2.24) is 5.06 Å². The molecule has 2 fully saturated rings. The third-order valence-electron chi connectivity index (χ3n) is 3.77. The maximum Gasteiger partial charge on any atom is 0.336 e. The van der Waals surface area contributed by atoms with Crippen LogP contribution in [0.4, 0.5) is 0 Å². The van der Waals surface area contributed by atoms with Gasteiger partial charge in [-0.2, -0.15) is 0 Å². The first-order chi connectivity index (χ1) is 8.15. The lowest BCUT2D eigenvalue weighted by Crippen LogP contribution is -2.35. The number of imide groups is 1. The van der Waals surface area contributed by atoms with E-state index in [2.05, 4.69) is 6.08 Å². The Morgan fingerprint density at radius 3 is 2.41 bits per heavy atom. The number of amides is 2. The van der Waals surface area contributed by atoms with Crippen LogP contribution in [0.5, 0.6) is 0 Å². The highest BCUT2D eigenvalue weighted by atomic mass is 16.7. The number of hydroxylamine groups is 2. The van der Waals surface area contributed by atoms with E-state index < -0.39 is 17.8 Å². The molecule has 2 bridgehead atoms. The predicted molar refractivity (Wildman–Crippen MR) is 56.0 cm³/mol. The molecule has 5 heteroatoms. The first-order valence-electron chi connectivity index (χ1n) is 5.91. The molecule has 17 heavy (non-hydrogen) atoms. The van der Waals surface area contributed by atoms with Crippen molar-refractivity contribution in [2.24, 2.45) is 17.8 Å². The molecule has 1 saturated heterocycles. The minimum atomic E-state index is -0.439. The number of carbonyl (C=O) groups is 3. The van der Waals surface area contributed by atoms with Gasteiger partial charge in [-0.05, 0) is 24.7 Å². The summed E-state index contributed by atoms with van der Waals surface area (Å²) in [5.74, 6) is -0.774. The molecule has 1 saturated carbocycles. The molecule has 0 spiro atoms. The fourth-order valence-corrected chi connectivity index (χ4v) is 2.87. The summed E-state index contributed by atoms with van der Waals surface area (Å²) in [6, 6.07) is 0. The van der Waals surface area contributed by atoms with E-state index in [9.17, 15) is 14.4 Å². The van der Waals surface area contributed by atoms with E-state index in [-0.39, 0.29) is 24.7 Å². The Morgan fingerprint density at radius 1 is 1.18 bits per heavy atom. The molecule has 0 aromatic heterocycles. The zero-order valence-corrected chi connectivity index (χ0v) is 9.30. The third-order valence-corrected chi connectivity index (χ3v) is 3.77. The molecule has 1 unspecified atom stereocenters. The van der Waals surface area contributed by atoms with Gasteiger partial charge in [-0.3, -0.25) is 9.59 Å². The quantitative estimate of drug-likeness (QED) is 0.524. The van der Waals surface area contributed by atoms with Crippen LogP contribution in [0.3, 0.4) is 0 Å². The van der Waals surface area contributed by atoms with Gasteiger partial charge < -0.3 is 4.84 Å². The SMILES string of the molecule is O=C(ON1C(=O)CCC1=O)C1C[C@H]2C=C[C@@H]1C2. The van der Waals surface area contributed by atoms with Crippen LogP contribution in [0.25, 0.3) is 0 Å². The molecule has 3 atom stereocenters. The lowest BCUT2D eigenvalue weighted by atomic mass is 9.94. The smallest absolute Gasteiger partial charge is 0.330 e. The van der Waals surface area contributed by atoms with Gasteiger partial charge in [0.25, 0.3) is 11.8 Å². The molecule has 3 rings (SSSR count). The fraction of sp³-hybridized carbons (Fsp3) is 0.583. The van der Waals surface area contributed by atoms with Crippen molar-refractivity contribution in [3.05, 3.63) is 12.2 Å². The number of nitrogens with zero attached hydrogens (tertiary/aromatic N) is 1. The van der Waals surface area contributed by atoms with Gasteiger partial charge in [0.05, 0.1) is 5.92 Å². The maximum absolute atomic E-state index is 11.9. The van der Waals surface area contributed by atoms with Crippen LogP contribution in [0, 0.1) is 17.8 Å². The fourth-order valence-electron chi connectivity index (χ4n) is 2.87. The van der Waals surface area contributed by atoms with Crippen LogP contribution < -0.4 is 0 Å². The van der Waals surface area contributed by atoms with E-state index in [1.165, 1.54) is 0 Å². The lowest BCUT2D eigenvalue weighted by molar-refractivity contribution is -0.201. The highest BCUT2D eigenvalue weighted by molar-refractivity contribution is 6.01. The summed E-state index contributed by atoms with van der Waals surface area (Å²) in [4.78, 5) is 39.4. The summed E-state index contributed by atoms with van der Waals surface area (Å²) in [5, 5.41) is 0.637. The van der Waals surface area contributed by atoms with Crippen LogP contribution in [-0.2, 0) is 19.2 Å². The molecule has 3 aliphatic rings. The summed E-state index contributed by atoms with van der Waals surface area (Å²) < 4.78 is 0. The molecule has 0 aromatic carbocycles. The standard InChI is InChI=1S/C12H13NO4/c14-10-3-4-11(15)13(10)17-12(16)9-6-7-1-2-8(9)5-7/h1-2,7-9H,3-6H2/t7-,8+,9?/m0/s1. The molecular weight excluding hydrogens is 222 g/mol. The van der Waals surface area contributed by atoms with E-state index in [1.54, 1.807) is 0 Å². The minimum Gasteiger partial charge on any atom is -0.330 e. The van der Waals surface area contributed by atoms with Crippen molar-refractivity contribution in [2.75, 3.05) is 0 Å². The van der Waals surface area contributed by atoms with Crippen LogP contribution in [0.15, 0.2) is 12.2 Å². The Morgan fingerprint density at radius 2 is 1.88 bits per heavy atom. The average molecular weight is 235 g/mol. The first kappa shape index (κ1) is 10.5. The Bertz CT molecular complexity index is 412. The van der Waals surface area contributed by atoms with Crippen molar-refractivity contribution in [2.45, 2.75) is 25.7 Å². The monoisotopic (exact) mass is 235 g/mol. The number of allylic oxidation sites excluding steroid dienone is 2. The topological polar surface area (TPSA) is 63.7 Å². The number of hydrogen-bond acceptors (Lipinski definition) is 4. The Balaban J connectivity index is 1.66. The normalized spacial score (nSPS) is 34.8.